The van der Waals surface area contributed by atoms with Crippen LogP contribution in [0.25, 0.3) is 10.6 Å². The first-order valence-electron chi connectivity index (χ1n) is 5.93. The molecular weight excluding hydrogens is 250 g/mol. The first kappa shape index (κ1) is 13.2. The zero-order chi connectivity index (χ0) is 12.6. The van der Waals surface area contributed by atoms with Crippen molar-refractivity contribution in [3.8, 4) is 10.6 Å². The topological polar surface area (TPSA) is 60.2 Å². The number of nitrogens with zero attached hydrogens (tertiary/aromatic N) is 2. The Labute approximate surface area is 110 Å². The number of methoxy groups -OCH3 is 1. The first-order valence-corrected chi connectivity index (χ1v) is 6.81. The molecule has 0 atom stereocenters. The van der Waals surface area contributed by atoms with E-state index in [4.69, 9.17) is 9.15 Å². The van der Waals surface area contributed by atoms with Crippen LogP contribution in [0.4, 0.5) is 0 Å². The molecule has 0 fully saturated rings. The second kappa shape index (κ2) is 7.25. The lowest BCUT2D eigenvalue weighted by molar-refractivity contribution is 0.199. The quantitative estimate of drug-likeness (QED) is 0.741. The summed E-state index contributed by atoms with van der Waals surface area (Å²) in [6, 6.07) is 0. The average Bonchev–Trinajstić information content (AvgIpc) is 3.03. The van der Waals surface area contributed by atoms with Crippen molar-refractivity contribution in [2.75, 3.05) is 26.8 Å². The fourth-order valence-corrected chi connectivity index (χ4v) is 2.11. The molecule has 98 valence electrons. The van der Waals surface area contributed by atoms with Crippen molar-refractivity contribution in [3.05, 3.63) is 23.8 Å². The van der Waals surface area contributed by atoms with Gasteiger partial charge in [-0.15, -0.1) is 11.3 Å². The van der Waals surface area contributed by atoms with Gasteiger partial charge in [0.25, 0.3) is 0 Å². The number of aromatic nitrogens is 2. The van der Waals surface area contributed by atoms with E-state index < -0.39 is 0 Å². The Hall–Kier alpha value is -1.24. The molecule has 18 heavy (non-hydrogen) atoms. The summed E-state index contributed by atoms with van der Waals surface area (Å²) in [4.78, 5) is 9.31. The third-order valence-electron chi connectivity index (χ3n) is 2.46. The molecule has 2 aromatic heterocycles. The molecule has 0 amide bonds. The lowest BCUT2D eigenvalue weighted by Crippen LogP contribution is -2.20. The van der Waals surface area contributed by atoms with Gasteiger partial charge in [-0.1, -0.05) is 0 Å². The largest absolute Gasteiger partial charge is 0.440 e. The molecule has 0 aliphatic rings. The fourth-order valence-electron chi connectivity index (χ4n) is 1.54. The summed E-state index contributed by atoms with van der Waals surface area (Å²) in [5, 5.41) is 3.29. The maximum Gasteiger partial charge on any atom is 0.194 e. The van der Waals surface area contributed by atoms with E-state index >= 15 is 0 Å². The number of hydrogen-bond donors (Lipinski definition) is 1. The van der Waals surface area contributed by atoms with E-state index in [2.05, 4.69) is 15.3 Å². The third-order valence-corrected chi connectivity index (χ3v) is 3.24. The monoisotopic (exact) mass is 267 g/mol. The van der Waals surface area contributed by atoms with Crippen LogP contribution in [0.2, 0.25) is 0 Å². The molecule has 0 saturated carbocycles. The predicted molar refractivity (Wildman–Crippen MR) is 70.7 cm³/mol. The molecule has 6 heteroatoms. The van der Waals surface area contributed by atoms with Crippen molar-refractivity contribution in [3.63, 3.8) is 0 Å². The standard InChI is InChI=1S/C12H17N3O2S/c1-16-6-5-13-4-2-3-12-15-7-10(17-12)11-8-14-9-18-11/h7-9,13H,2-6H2,1H3. The first-order chi connectivity index (χ1) is 8.90. The minimum Gasteiger partial charge on any atom is -0.440 e. The summed E-state index contributed by atoms with van der Waals surface area (Å²) >= 11 is 1.56. The Bertz CT molecular complexity index is 442. The van der Waals surface area contributed by atoms with E-state index in [9.17, 15) is 0 Å². The Kier molecular flexibility index (Phi) is 5.32. The summed E-state index contributed by atoms with van der Waals surface area (Å²) in [6.07, 6.45) is 5.41. The third kappa shape index (κ3) is 3.90. The van der Waals surface area contributed by atoms with Crippen LogP contribution in [0.3, 0.4) is 0 Å². The van der Waals surface area contributed by atoms with Crippen molar-refractivity contribution < 1.29 is 9.15 Å². The lowest BCUT2D eigenvalue weighted by Gasteiger charge is -2.01. The molecule has 1 N–H and O–H groups in total. The maximum absolute atomic E-state index is 5.66. The molecule has 0 bridgehead atoms. The molecule has 0 aliphatic heterocycles. The van der Waals surface area contributed by atoms with Gasteiger partial charge >= 0.3 is 0 Å². The van der Waals surface area contributed by atoms with Gasteiger partial charge in [0.2, 0.25) is 0 Å². The number of ether oxygens (including phenoxy) is 1. The minimum absolute atomic E-state index is 0.745. The second-order valence-electron chi connectivity index (χ2n) is 3.83. The zero-order valence-electron chi connectivity index (χ0n) is 10.4. The van der Waals surface area contributed by atoms with Crippen LogP contribution in [0, 0.1) is 0 Å². The van der Waals surface area contributed by atoms with E-state index in [0.717, 1.165) is 49.1 Å². The Morgan fingerprint density at radius 1 is 1.39 bits per heavy atom. The highest BCUT2D eigenvalue weighted by molar-refractivity contribution is 7.13. The van der Waals surface area contributed by atoms with Crippen molar-refractivity contribution >= 4 is 11.3 Å². The number of thiazole rings is 1. The van der Waals surface area contributed by atoms with Crippen LogP contribution >= 0.6 is 11.3 Å². The van der Waals surface area contributed by atoms with E-state index in [0.29, 0.717) is 0 Å². The van der Waals surface area contributed by atoms with Crippen molar-refractivity contribution in [2.45, 2.75) is 12.8 Å². The lowest BCUT2D eigenvalue weighted by atomic mass is 10.3. The normalized spacial score (nSPS) is 10.9. The highest BCUT2D eigenvalue weighted by atomic mass is 32.1. The van der Waals surface area contributed by atoms with Gasteiger partial charge in [0.05, 0.1) is 23.2 Å². The molecule has 0 spiro atoms. The van der Waals surface area contributed by atoms with Gasteiger partial charge in [0.15, 0.2) is 11.7 Å². The molecular formula is C12H17N3O2S. The second-order valence-corrected chi connectivity index (χ2v) is 4.72. The van der Waals surface area contributed by atoms with Crippen LogP contribution in [0.5, 0.6) is 0 Å². The van der Waals surface area contributed by atoms with E-state index in [1.807, 2.05) is 0 Å². The summed E-state index contributed by atoms with van der Waals surface area (Å²) in [5.41, 5.74) is 1.79. The van der Waals surface area contributed by atoms with Crippen molar-refractivity contribution in [1.82, 2.24) is 15.3 Å². The summed E-state index contributed by atoms with van der Waals surface area (Å²) in [6.45, 7) is 2.57. The molecule has 2 heterocycles. The van der Waals surface area contributed by atoms with Gasteiger partial charge in [-0.25, -0.2) is 4.98 Å². The number of rotatable bonds is 8. The maximum atomic E-state index is 5.66. The highest BCUT2D eigenvalue weighted by Gasteiger charge is 2.07. The van der Waals surface area contributed by atoms with Gasteiger partial charge < -0.3 is 14.5 Å². The molecule has 2 rings (SSSR count). The molecule has 0 saturated heterocycles. The molecule has 5 nitrogen and oxygen atoms in total. The molecule has 0 unspecified atom stereocenters. The van der Waals surface area contributed by atoms with Crippen LogP contribution < -0.4 is 5.32 Å². The van der Waals surface area contributed by atoms with Gasteiger partial charge in [0, 0.05) is 26.3 Å². The molecule has 0 aromatic carbocycles. The van der Waals surface area contributed by atoms with Crippen LogP contribution in [0.15, 0.2) is 22.3 Å². The van der Waals surface area contributed by atoms with Gasteiger partial charge in [-0.2, -0.15) is 0 Å². The summed E-state index contributed by atoms with van der Waals surface area (Å²) in [5.74, 6) is 1.59. The minimum atomic E-state index is 0.745. The van der Waals surface area contributed by atoms with Crippen LogP contribution in [-0.2, 0) is 11.2 Å². The van der Waals surface area contributed by atoms with Crippen molar-refractivity contribution in [2.24, 2.45) is 0 Å². The van der Waals surface area contributed by atoms with Crippen LogP contribution in [-0.4, -0.2) is 36.8 Å². The number of aryl methyl sites for hydroxylation is 1. The highest BCUT2D eigenvalue weighted by Crippen LogP contribution is 2.23. The number of nitrogens with one attached hydrogen (secondary N) is 1. The average molecular weight is 267 g/mol. The molecule has 0 aliphatic carbocycles. The smallest absolute Gasteiger partial charge is 0.194 e. The van der Waals surface area contributed by atoms with E-state index in [1.165, 1.54) is 0 Å². The Morgan fingerprint density at radius 2 is 2.33 bits per heavy atom. The summed E-state index contributed by atoms with van der Waals surface area (Å²) < 4.78 is 10.6. The summed E-state index contributed by atoms with van der Waals surface area (Å²) in [7, 11) is 1.70. The van der Waals surface area contributed by atoms with E-state index in [-0.39, 0.29) is 0 Å². The van der Waals surface area contributed by atoms with Crippen molar-refractivity contribution in [1.29, 1.82) is 0 Å². The SMILES string of the molecule is COCCNCCCc1ncc(-c2cncs2)o1. The van der Waals surface area contributed by atoms with Gasteiger partial charge in [0.1, 0.15) is 0 Å². The van der Waals surface area contributed by atoms with Gasteiger partial charge in [-0.3, -0.25) is 4.98 Å². The Morgan fingerprint density at radius 3 is 3.11 bits per heavy atom. The van der Waals surface area contributed by atoms with E-state index in [1.54, 1.807) is 36.4 Å². The van der Waals surface area contributed by atoms with Crippen LogP contribution in [0.1, 0.15) is 12.3 Å². The zero-order valence-corrected chi connectivity index (χ0v) is 11.2. The predicted octanol–water partition coefficient (Wildman–Crippen LogP) is 1.97. The number of oxazole rings is 1. The molecule has 0 radical (unpaired) electrons. The Balaban J connectivity index is 1.71. The van der Waals surface area contributed by atoms with Gasteiger partial charge in [-0.05, 0) is 13.0 Å². The fraction of sp³-hybridized carbons (Fsp3) is 0.500. The molecule has 2 aromatic rings. The number of hydrogen-bond acceptors (Lipinski definition) is 6.